The van der Waals surface area contributed by atoms with Crippen LogP contribution in [0.15, 0.2) is 42.5 Å². The molecule has 2 aromatic rings. The van der Waals surface area contributed by atoms with Crippen molar-refractivity contribution < 1.29 is 27.8 Å². The number of nitrogens with one attached hydrogen (secondary N) is 1. The number of methoxy groups -OCH3 is 1. The predicted molar refractivity (Wildman–Crippen MR) is 137 cm³/mol. The standard InChI is InChI=1S/C29H36F2N2O4/c1-29(19-24(29)20-7-10-22(36-2)11-8-20)13-5-3-4-6-26(28(35)33-14-16-37-17-15-33)32-27(34)23-12-9-21(30)18-25(23)31/h7-12,18,24,26H,3-6,13-17,19H2,1-2H3,(H,32,34)/t24-,26-,29?/m0/s1. The van der Waals surface area contributed by atoms with Crippen LogP contribution in [0.4, 0.5) is 8.78 Å². The van der Waals surface area contributed by atoms with Crippen molar-refractivity contribution in [1.29, 1.82) is 0 Å². The fourth-order valence-corrected chi connectivity index (χ4v) is 5.27. The van der Waals surface area contributed by atoms with Crippen LogP contribution in [-0.2, 0) is 9.53 Å². The number of ether oxygens (including phenoxy) is 2. The van der Waals surface area contributed by atoms with Crippen LogP contribution in [0.3, 0.4) is 0 Å². The van der Waals surface area contributed by atoms with Gasteiger partial charge in [0.15, 0.2) is 0 Å². The quantitative estimate of drug-likeness (QED) is 0.425. The van der Waals surface area contributed by atoms with Crippen LogP contribution in [0.25, 0.3) is 0 Å². The Balaban J connectivity index is 1.29. The van der Waals surface area contributed by atoms with E-state index in [4.69, 9.17) is 9.47 Å². The molecule has 1 N–H and O–H groups in total. The van der Waals surface area contributed by atoms with Gasteiger partial charge in [0.1, 0.15) is 23.4 Å². The van der Waals surface area contributed by atoms with Crippen molar-refractivity contribution in [1.82, 2.24) is 10.2 Å². The van der Waals surface area contributed by atoms with Crippen LogP contribution in [0.1, 0.15) is 67.3 Å². The topological polar surface area (TPSA) is 67.9 Å². The molecule has 4 rings (SSSR count). The third-order valence-corrected chi connectivity index (χ3v) is 7.71. The SMILES string of the molecule is COc1ccc([C@@H]2CC2(C)CCCCC[C@H](NC(=O)c2ccc(F)cc2F)C(=O)N2CCOCC2)cc1. The van der Waals surface area contributed by atoms with Crippen LogP contribution < -0.4 is 10.1 Å². The van der Waals surface area contributed by atoms with Crippen molar-refractivity contribution in [3.8, 4) is 5.75 Å². The van der Waals surface area contributed by atoms with Gasteiger partial charge in [0.05, 0.1) is 25.9 Å². The molecule has 1 heterocycles. The third-order valence-electron chi connectivity index (χ3n) is 7.71. The molecule has 2 amide bonds. The molecule has 1 aliphatic heterocycles. The summed E-state index contributed by atoms with van der Waals surface area (Å²) in [5.41, 5.74) is 1.36. The van der Waals surface area contributed by atoms with Crippen LogP contribution >= 0.6 is 0 Å². The third kappa shape index (κ3) is 6.86. The van der Waals surface area contributed by atoms with E-state index >= 15 is 0 Å². The zero-order chi connectivity index (χ0) is 26.4. The Labute approximate surface area is 217 Å². The average molecular weight is 515 g/mol. The molecule has 1 aliphatic carbocycles. The van der Waals surface area contributed by atoms with Crippen LogP contribution in [-0.4, -0.2) is 56.2 Å². The van der Waals surface area contributed by atoms with E-state index in [0.717, 1.165) is 50.0 Å². The molecule has 1 saturated heterocycles. The van der Waals surface area contributed by atoms with Crippen molar-refractivity contribution in [2.24, 2.45) is 5.41 Å². The van der Waals surface area contributed by atoms with Gasteiger partial charge < -0.3 is 19.7 Å². The van der Waals surface area contributed by atoms with Crippen molar-refractivity contribution in [3.05, 3.63) is 65.2 Å². The zero-order valence-corrected chi connectivity index (χ0v) is 21.6. The molecule has 6 nitrogen and oxygen atoms in total. The molecule has 1 unspecified atom stereocenters. The highest BCUT2D eigenvalue weighted by atomic mass is 19.1. The predicted octanol–water partition coefficient (Wildman–Crippen LogP) is 5.07. The Hall–Kier alpha value is -3.00. The first-order valence-electron chi connectivity index (χ1n) is 13.1. The van der Waals surface area contributed by atoms with Gasteiger partial charge in [0.25, 0.3) is 5.91 Å². The molecule has 8 heteroatoms. The molecule has 0 spiro atoms. The number of carbonyl (C=O) groups excluding carboxylic acids is 2. The Bertz CT molecular complexity index is 1090. The smallest absolute Gasteiger partial charge is 0.254 e. The van der Waals surface area contributed by atoms with Crippen molar-refractivity contribution in [2.45, 2.75) is 57.4 Å². The first-order valence-corrected chi connectivity index (χ1v) is 13.1. The lowest BCUT2D eigenvalue weighted by atomic mass is 9.94. The fourth-order valence-electron chi connectivity index (χ4n) is 5.27. The number of benzene rings is 2. The van der Waals surface area contributed by atoms with Gasteiger partial charge in [-0.3, -0.25) is 9.59 Å². The number of rotatable bonds is 11. The molecule has 0 radical (unpaired) electrons. The van der Waals surface area contributed by atoms with Gasteiger partial charge >= 0.3 is 0 Å². The molecule has 3 atom stereocenters. The first-order chi connectivity index (χ1) is 17.8. The van der Waals surface area contributed by atoms with E-state index in [0.29, 0.717) is 44.7 Å². The van der Waals surface area contributed by atoms with Crippen molar-refractivity contribution in [3.63, 3.8) is 0 Å². The molecule has 37 heavy (non-hydrogen) atoms. The van der Waals surface area contributed by atoms with E-state index < -0.39 is 23.6 Å². The summed E-state index contributed by atoms with van der Waals surface area (Å²) in [4.78, 5) is 27.6. The normalized spacial score (nSPS) is 21.8. The molecule has 2 aromatic carbocycles. The number of carbonyl (C=O) groups is 2. The van der Waals surface area contributed by atoms with E-state index in [2.05, 4.69) is 24.4 Å². The van der Waals surface area contributed by atoms with Gasteiger partial charge in [0.2, 0.25) is 5.91 Å². The van der Waals surface area contributed by atoms with E-state index in [9.17, 15) is 18.4 Å². The summed E-state index contributed by atoms with van der Waals surface area (Å²) in [5.74, 6) is -1.18. The summed E-state index contributed by atoms with van der Waals surface area (Å²) >= 11 is 0. The molecule has 2 fully saturated rings. The van der Waals surface area contributed by atoms with Gasteiger partial charge in [-0.1, -0.05) is 38.3 Å². The lowest BCUT2D eigenvalue weighted by molar-refractivity contribution is -0.137. The summed E-state index contributed by atoms with van der Waals surface area (Å²) < 4.78 is 38.0. The number of hydrogen-bond donors (Lipinski definition) is 1. The number of nitrogens with zero attached hydrogens (tertiary/aromatic N) is 1. The van der Waals surface area contributed by atoms with E-state index in [1.54, 1.807) is 12.0 Å². The largest absolute Gasteiger partial charge is 0.497 e. The molecule has 200 valence electrons. The highest BCUT2D eigenvalue weighted by molar-refractivity contribution is 5.97. The summed E-state index contributed by atoms with van der Waals surface area (Å²) in [5, 5.41) is 2.70. The molecular weight excluding hydrogens is 478 g/mol. The molecule has 1 saturated carbocycles. The van der Waals surface area contributed by atoms with Crippen LogP contribution in [0.5, 0.6) is 5.75 Å². The highest BCUT2D eigenvalue weighted by Crippen LogP contribution is 2.62. The lowest BCUT2D eigenvalue weighted by Crippen LogP contribution is -2.51. The highest BCUT2D eigenvalue weighted by Gasteiger charge is 2.49. The van der Waals surface area contributed by atoms with Gasteiger partial charge in [0, 0.05) is 19.2 Å². The van der Waals surface area contributed by atoms with Gasteiger partial charge in [-0.25, -0.2) is 8.78 Å². The Morgan fingerprint density at radius 1 is 1.11 bits per heavy atom. The molecule has 0 aromatic heterocycles. The van der Waals surface area contributed by atoms with Crippen LogP contribution in [0, 0.1) is 17.0 Å². The minimum Gasteiger partial charge on any atom is -0.497 e. The van der Waals surface area contributed by atoms with E-state index in [1.165, 1.54) is 5.56 Å². The average Bonchev–Trinajstić information content (AvgIpc) is 3.58. The van der Waals surface area contributed by atoms with Crippen LogP contribution in [0.2, 0.25) is 0 Å². The Morgan fingerprint density at radius 2 is 1.84 bits per heavy atom. The lowest BCUT2D eigenvalue weighted by Gasteiger charge is -2.31. The number of halogens is 2. The Kier molecular flexibility index (Phi) is 8.79. The van der Waals surface area contributed by atoms with Gasteiger partial charge in [-0.2, -0.15) is 0 Å². The van der Waals surface area contributed by atoms with Gasteiger partial charge in [-0.05, 0) is 60.4 Å². The summed E-state index contributed by atoms with van der Waals surface area (Å²) in [6.07, 6.45) is 5.44. The number of unbranched alkanes of at least 4 members (excludes halogenated alkanes) is 2. The maximum absolute atomic E-state index is 14.2. The first kappa shape index (κ1) is 27.0. The minimum atomic E-state index is -0.945. The van der Waals surface area contributed by atoms with Gasteiger partial charge in [-0.15, -0.1) is 0 Å². The second-order valence-electron chi connectivity index (χ2n) is 10.4. The number of morpholine rings is 1. The second kappa shape index (κ2) is 12.0. The molecule has 2 aliphatic rings. The molecule has 0 bridgehead atoms. The summed E-state index contributed by atoms with van der Waals surface area (Å²) in [6.45, 7) is 4.15. The molecular formula is C29H36F2N2O4. The maximum atomic E-state index is 14.2. The minimum absolute atomic E-state index is 0.187. The fraction of sp³-hybridized carbons (Fsp3) is 0.517. The second-order valence-corrected chi connectivity index (χ2v) is 10.4. The van der Waals surface area contributed by atoms with E-state index in [-0.39, 0.29) is 16.9 Å². The number of amides is 2. The number of hydrogen-bond acceptors (Lipinski definition) is 4. The Morgan fingerprint density at radius 3 is 2.51 bits per heavy atom. The zero-order valence-electron chi connectivity index (χ0n) is 21.6. The summed E-state index contributed by atoms with van der Waals surface area (Å²) in [6, 6.07) is 10.3. The van der Waals surface area contributed by atoms with E-state index in [1.807, 2.05) is 12.1 Å². The van der Waals surface area contributed by atoms with Crippen molar-refractivity contribution >= 4 is 11.8 Å². The van der Waals surface area contributed by atoms with Crippen molar-refractivity contribution in [2.75, 3.05) is 33.4 Å². The maximum Gasteiger partial charge on any atom is 0.254 e. The summed E-state index contributed by atoms with van der Waals surface area (Å²) in [7, 11) is 1.67. The monoisotopic (exact) mass is 514 g/mol.